The smallest absolute Gasteiger partial charge is 0.251 e. The zero-order valence-corrected chi connectivity index (χ0v) is 15.3. The van der Waals surface area contributed by atoms with Gasteiger partial charge in [0.2, 0.25) is 5.91 Å². The van der Waals surface area contributed by atoms with Gasteiger partial charge in [-0.3, -0.25) is 9.59 Å². The third kappa shape index (κ3) is 3.99. The standard InChI is InChI=1S/C20H22N2O2S/c1-12-3-6-14(7-4-12)8-10-17(23)22-20-18(19(21)24)15-9-5-13(2)11-16(15)25-20/h3-4,6-8,10,13H,5,9,11H2,1-2H3,(H2,21,24)(H,22,23)/b10-8+/t13-/m1/s1. The predicted molar refractivity (Wildman–Crippen MR) is 103 cm³/mol. The van der Waals surface area contributed by atoms with E-state index in [2.05, 4.69) is 12.2 Å². The lowest BCUT2D eigenvalue weighted by Gasteiger charge is -2.18. The van der Waals surface area contributed by atoms with Crippen LogP contribution in [0.4, 0.5) is 5.00 Å². The minimum atomic E-state index is -0.468. The number of amides is 2. The highest BCUT2D eigenvalue weighted by atomic mass is 32.1. The van der Waals surface area contributed by atoms with Crippen LogP contribution < -0.4 is 11.1 Å². The van der Waals surface area contributed by atoms with Crippen molar-refractivity contribution in [3.8, 4) is 0 Å². The van der Waals surface area contributed by atoms with E-state index in [0.29, 0.717) is 16.5 Å². The van der Waals surface area contributed by atoms with Crippen molar-refractivity contribution < 1.29 is 9.59 Å². The number of thiophene rings is 1. The van der Waals surface area contributed by atoms with E-state index in [-0.39, 0.29) is 5.91 Å². The molecule has 0 unspecified atom stereocenters. The van der Waals surface area contributed by atoms with Gasteiger partial charge in [-0.1, -0.05) is 36.8 Å². The number of rotatable bonds is 4. The van der Waals surface area contributed by atoms with E-state index in [1.807, 2.05) is 31.2 Å². The molecule has 0 saturated carbocycles. The third-order valence-electron chi connectivity index (χ3n) is 4.50. The van der Waals surface area contributed by atoms with Gasteiger partial charge in [0.05, 0.1) is 5.56 Å². The largest absolute Gasteiger partial charge is 0.365 e. The number of nitrogens with two attached hydrogens (primary N) is 1. The highest BCUT2D eigenvalue weighted by Gasteiger charge is 2.26. The molecule has 0 radical (unpaired) electrons. The van der Waals surface area contributed by atoms with Gasteiger partial charge in [-0.05, 0) is 49.3 Å². The van der Waals surface area contributed by atoms with Crippen molar-refractivity contribution in [2.45, 2.75) is 33.1 Å². The van der Waals surface area contributed by atoms with Crippen LogP contribution in [0.2, 0.25) is 0 Å². The van der Waals surface area contributed by atoms with Crippen molar-refractivity contribution in [1.82, 2.24) is 0 Å². The average Bonchev–Trinajstić information content (AvgIpc) is 2.91. The highest BCUT2D eigenvalue weighted by molar-refractivity contribution is 7.17. The van der Waals surface area contributed by atoms with Crippen molar-refractivity contribution in [3.63, 3.8) is 0 Å². The summed E-state index contributed by atoms with van der Waals surface area (Å²) in [6, 6.07) is 7.91. The molecule has 1 heterocycles. The molecular formula is C20H22N2O2S. The van der Waals surface area contributed by atoms with Gasteiger partial charge in [0.1, 0.15) is 5.00 Å². The summed E-state index contributed by atoms with van der Waals surface area (Å²) in [6.07, 6.45) is 6.07. The summed E-state index contributed by atoms with van der Waals surface area (Å²) in [7, 11) is 0. The molecule has 130 valence electrons. The quantitative estimate of drug-likeness (QED) is 0.817. The number of fused-ring (bicyclic) bond motifs is 1. The van der Waals surface area contributed by atoms with Crippen LogP contribution in [-0.2, 0) is 17.6 Å². The molecule has 0 fully saturated rings. The lowest BCUT2D eigenvalue weighted by Crippen LogP contribution is -2.18. The first kappa shape index (κ1) is 17.4. The number of primary amides is 1. The van der Waals surface area contributed by atoms with E-state index in [1.54, 1.807) is 6.08 Å². The number of hydrogen-bond acceptors (Lipinski definition) is 3. The molecule has 4 nitrogen and oxygen atoms in total. The molecule has 2 amide bonds. The predicted octanol–water partition coefficient (Wildman–Crippen LogP) is 3.93. The number of benzene rings is 1. The Hall–Kier alpha value is -2.40. The topological polar surface area (TPSA) is 72.2 Å². The zero-order chi connectivity index (χ0) is 18.0. The first-order valence-electron chi connectivity index (χ1n) is 8.44. The zero-order valence-electron chi connectivity index (χ0n) is 14.5. The van der Waals surface area contributed by atoms with E-state index in [1.165, 1.54) is 27.9 Å². The van der Waals surface area contributed by atoms with Gasteiger partial charge in [0.25, 0.3) is 5.91 Å². The second-order valence-electron chi connectivity index (χ2n) is 6.65. The Labute approximate surface area is 151 Å². The number of carbonyl (C=O) groups is 2. The molecule has 0 spiro atoms. The monoisotopic (exact) mass is 354 g/mol. The maximum Gasteiger partial charge on any atom is 0.251 e. The average molecular weight is 354 g/mol. The molecule has 25 heavy (non-hydrogen) atoms. The van der Waals surface area contributed by atoms with E-state index in [0.717, 1.165) is 30.4 Å². The SMILES string of the molecule is Cc1ccc(/C=C/C(=O)Nc2sc3c(c2C(N)=O)CC[C@@H](C)C3)cc1. The second kappa shape index (κ2) is 7.23. The molecule has 1 aliphatic carbocycles. The van der Waals surface area contributed by atoms with Crippen LogP contribution in [0, 0.1) is 12.8 Å². The van der Waals surface area contributed by atoms with Crippen LogP contribution in [0.5, 0.6) is 0 Å². The van der Waals surface area contributed by atoms with Gasteiger partial charge in [-0.25, -0.2) is 0 Å². The van der Waals surface area contributed by atoms with Crippen molar-refractivity contribution >= 4 is 34.2 Å². The van der Waals surface area contributed by atoms with Crippen LogP contribution in [0.25, 0.3) is 6.08 Å². The number of hydrogen-bond donors (Lipinski definition) is 2. The Balaban J connectivity index is 1.79. The number of aryl methyl sites for hydroxylation is 1. The second-order valence-corrected chi connectivity index (χ2v) is 7.76. The molecule has 1 aromatic heterocycles. The van der Waals surface area contributed by atoms with Crippen molar-refractivity contribution in [3.05, 3.63) is 57.5 Å². The molecule has 3 rings (SSSR count). The molecule has 3 N–H and O–H groups in total. The van der Waals surface area contributed by atoms with Gasteiger partial charge in [0.15, 0.2) is 0 Å². The number of carbonyl (C=O) groups excluding carboxylic acids is 2. The summed E-state index contributed by atoms with van der Waals surface area (Å²) >= 11 is 1.48. The summed E-state index contributed by atoms with van der Waals surface area (Å²) < 4.78 is 0. The van der Waals surface area contributed by atoms with Crippen molar-refractivity contribution in [2.75, 3.05) is 5.32 Å². The number of nitrogens with one attached hydrogen (secondary N) is 1. The van der Waals surface area contributed by atoms with Gasteiger partial charge >= 0.3 is 0 Å². The highest BCUT2D eigenvalue weighted by Crippen LogP contribution is 2.39. The summed E-state index contributed by atoms with van der Waals surface area (Å²) in [6.45, 7) is 4.22. The van der Waals surface area contributed by atoms with Crippen molar-refractivity contribution in [2.24, 2.45) is 11.7 Å². The maximum atomic E-state index is 12.3. The van der Waals surface area contributed by atoms with Crippen LogP contribution in [-0.4, -0.2) is 11.8 Å². The molecule has 0 saturated heterocycles. The normalized spacial score (nSPS) is 16.6. The third-order valence-corrected chi connectivity index (χ3v) is 5.67. The van der Waals surface area contributed by atoms with E-state index in [4.69, 9.17) is 5.73 Å². The first-order chi connectivity index (χ1) is 11.9. The Morgan fingerprint density at radius 3 is 2.68 bits per heavy atom. The summed E-state index contributed by atoms with van der Waals surface area (Å²) in [5.74, 6) is -0.128. The van der Waals surface area contributed by atoms with E-state index >= 15 is 0 Å². The van der Waals surface area contributed by atoms with Gasteiger partial charge < -0.3 is 11.1 Å². The Morgan fingerprint density at radius 2 is 2.00 bits per heavy atom. The van der Waals surface area contributed by atoms with Crippen molar-refractivity contribution in [1.29, 1.82) is 0 Å². The van der Waals surface area contributed by atoms with Gasteiger partial charge in [0, 0.05) is 11.0 Å². The molecule has 1 aliphatic rings. The summed E-state index contributed by atoms with van der Waals surface area (Å²) in [5.41, 5.74) is 9.21. The minimum Gasteiger partial charge on any atom is -0.365 e. The van der Waals surface area contributed by atoms with Crippen LogP contribution in [0.1, 0.15) is 45.3 Å². The maximum absolute atomic E-state index is 12.3. The lowest BCUT2D eigenvalue weighted by atomic mass is 9.88. The molecule has 2 aromatic rings. The molecule has 0 bridgehead atoms. The molecule has 5 heteroatoms. The van der Waals surface area contributed by atoms with Crippen LogP contribution in [0.15, 0.2) is 30.3 Å². The lowest BCUT2D eigenvalue weighted by molar-refractivity contribution is -0.111. The summed E-state index contributed by atoms with van der Waals surface area (Å²) in [5, 5.41) is 3.41. The van der Waals surface area contributed by atoms with Crippen LogP contribution in [0.3, 0.4) is 0 Å². The molecular weight excluding hydrogens is 332 g/mol. The van der Waals surface area contributed by atoms with E-state index < -0.39 is 5.91 Å². The molecule has 1 aromatic carbocycles. The van der Waals surface area contributed by atoms with Crippen LogP contribution >= 0.6 is 11.3 Å². The fourth-order valence-electron chi connectivity index (χ4n) is 3.10. The Kier molecular flexibility index (Phi) is 5.04. The first-order valence-corrected chi connectivity index (χ1v) is 9.25. The van der Waals surface area contributed by atoms with E-state index in [9.17, 15) is 9.59 Å². The fourth-order valence-corrected chi connectivity index (χ4v) is 4.52. The van der Waals surface area contributed by atoms with Gasteiger partial charge in [-0.2, -0.15) is 0 Å². The van der Waals surface area contributed by atoms with Gasteiger partial charge in [-0.15, -0.1) is 11.3 Å². The fraction of sp³-hybridized carbons (Fsp3) is 0.300. The summed E-state index contributed by atoms with van der Waals surface area (Å²) in [4.78, 5) is 25.3. The molecule has 0 aliphatic heterocycles. The molecule has 1 atom stereocenters. The number of anilines is 1. The Morgan fingerprint density at radius 1 is 1.28 bits per heavy atom. The Bertz CT molecular complexity index is 834. The minimum absolute atomic E-state index is 0.255.